The summed E-state index contributed by atoms with van der Waals surface area (Å²) < 4.78 is 5.29. The maximum atomic E-state index is 11.5. The number of amides is 1. The van der Waals surface area contributed by atoms with Crippen molar-refractivity contribution in [2.45, 2.75) is 45.1 Å². The number of hydrogen-bond donors (Lipinski definition) is 2. The zero-order valence-electron chi connectivity index (χ0n) is 10.1. The van der Waals surface area contributed by atoms with E-state index in [0.717, 1.165) is 32.5 Å². The molecule has 1 unspecified atom stereocenters. The van der Waals surface area contributed by atoms with Gasteiger partial charge in [0.05, 0.1) is 0 Å². The summed E-state index contributed by atoms with van der Waals surface area (Å²) in [6.45, 7) is 3.87. The molecule has 1 rings (SSSR count). The number of nitrogens with one attached hydrogen (secondary N) is 1. The number of ether oxygens (including phenoxy) is 1. The van der Waals surface area contributed by atoms with E-state index in [4.69, 9.17) is 9.84 Å². The lowest BCUT2D eigenvalue weighted by Crippen LogP contribution is -2.40. The molecule has 4 nitrogen and oxygen atoms in total. The van der Waals surface area contributed by atoms with E-state index in [0.29, 0.717) is 18.8 Å². The van der Waals surface area contributed by atoms with Crippen LogP contribution >= 0.6 is 0 Å². The van der Waals surface area contributed by atoms with Gasteiger partial charge in [-0.1, -0.05) is 0 Å². The molecule has 0 aromatic heterocycles. The Morgan fingerprint density at radius 2 is 2.12 bits per heavy atom. The monoisotopic (exact) mass is 229 g/mol. The first-order valence-corrected chi connectivity index (χ1v) is 6.22. The second-order valence-corrected chi connectivity index (χ2v) is 4.49. The van der Waals surface area contributed by atoms with Gasteiger partial charge < -0.3 is 15.2 Å². The maximum Gasteiger partial charge on any atom is 0.220 e. The fourth-order valence-electron chi connectivity index (χ4n) is 2.06. The van der Waals surface area contributed by atoms with Crippen LogP contribution in [0.15, 0.2) is 0 Å². The quantitative estimate of drug-likeness (QED) is 0.670. The van der Waals surface area contributed by atoms with Crippen LogP contribution in [0.25, 0.3) is 0 Å². The van der Waals surface area contributed by atoms with Gasteiger partial charge in [0.1, 0.15) is 0 Å². The molecule has 0 bridgehead atoms. The summed E-state index contributed by atoms with van der Waals surface area (Å²) in [5.41, 5.74) is 0. The summed E-state index contributed by atoms with van der Waals surface area (Å²) in [6.07, 6.45) is 4.08. The maximum absolute atomic E-state index is 11.5. The van der Waals surface area contributed by atoms with E-state index in [1.165, 1.54) is 0 Å². The number of unbranched alkanes of at least 4 members (excludes halogenated alkanes) is 1. The lowest BCUT2D eigenvalue weighted by molar-refractivity contribution is -0.122. The Bertz CT molecular complexity index is 202. The van der Waals surface area contributed by atoms with Gasteiger partial charge in [-0.15, -0.1) is 0 Å². The van der Waals surface area contributed by atoms with Gasteiger partial charge in [0.2, 0.25) is 5.91 Å². The zero-order chi connectivity index (χ0) is 11.8. The van der Waals surface area contributed by atoms with E-state index in [2.05, 4.69) is 12.2 Å². The molecule has 0 spiro atoms. The van der Waals surface area contributed by atoms with Gasteiger partial charge in [0, 0.05) is 32.3 Å². The second kappa shape index (κ2) is 7.63. The third-order valence-electron chi connectivity index (χ3n) is 3.17. The van der Waals surface area contributed by atoms with Crippen molar-refractivity contribution in [1.82, 2.24) is 5.32 Å². The van der Waals surface area contributed by atoms with Crippen LogP contribution in [0.2, 0.25) is 0 Å². The largest absolute Gasteiger partial charge is 0.396 e. The summed E-state index contributed by atoms with van der Waals surface area (Å²) in [5, 5.41) is 11.7. The van der Waals surface area contributed by atoms with Crippen molar-refractivity contribution < 1.29 is 14.6 Å². The molecule has 0 aliphatic carbocycles. The molecule has 1 aliphatic heterocycles. The van der Waals surface area contributed by atoms with Crippen LogP contribution in [0.1, 0.15) is 39.0 Å². The summed E-state index contributed by atoms with van der Waals surface area (Å²) in [6, 6.07) is 0.241. The number of rotatable bonds is 6. The Morgan fingerprint density at radius 3 is 2.75 bits per heavy atom. The van der Waals surface area contributed by atoms with Gasteiger partial charge in [-0.25, -0.2) is 0 Å². The number of carbonyl (C=O) groups excluding carboxylic acids is 1. The molecule has 1 amide bonds. The third-order valence-corrected chi connectivity index (χ3v) is 3.17. The van der Waals surface area contributed by atoms with E-state index < -0.39 is 0 Å². The molecule has 2 N–H and O–H groups in total. The Balaban J connectivity index is 2.16. The highest BCUT2D eigenvalue weighted by Crippen LogP contribution is 2.18. The van der Waals surface area contributed by atoms with Crippen LogP contribution in [-0.2, 0) is 9.53 Å². The summed E-state index contributed by atoms with van der Waals surface area (Å²) in [7, 11) is 0. The summed E-state index contributed by atoms with van der Waals surface area (Å²) >= 11 is 0. The molecule has 0 radical (unpaired) electrons. The minimum Gasteiger partial charge on any atom is -0.396 e. The highest BCUT2D eigenvalue weighted by atomic mass is 16.5. The molecule has 1 heterocycles. The van der Waals surface area contributed by atoms with Gasteiger partial charge in [0.25, 0.3) is 0 Å². The lowest BCUT2D eigenvalue weighted by atomic mass is 9.93. The van der Waals surface area contributed by atoms with Crippen LogP contribution in [-0.4, -0.2) is 36.9 Å². The second-order valence-electron chi connectivity index (χ2n) is 4.49. The van der Waals surface area contributed by atoms with Crippen molar-refractivity contribution in [3.05, 3.63) is 0 Å². The smallest absolute Gasteiger partial charge is 0.220 e. The number of aliphatic hydroxyl groups excluding tert-OH is 1. The first-order chi connectivity index (χ1) is 7.74. The van der Waals surface area contributed by atoms with Crippen LogP contribution in [0.4, 0.5) is 0 Å². The van der Waals surface area contributed by atoms with Gasteiger partial charge >= 0.3 is 0 Å². The highest BCUT2D eigenvalue weighted by Gasteiger charge is 2.21. The zero-order valence-corrected chi connectivity index (χ0v) is 10.1. The van der Waals surface area contributed by atoms with Crippen molar-refractivity contribution in [1.29, 1.82) is 0 Å². The molecule has 16 heavy (non-hydrogen) atoms. The minimum absolute atomic E-state index is 0.104. The molecule has 94 valence electrons. The molecule has 0 aromatic rings. The molecular weight excluding hydrogens is 206 g/mol. The topological polar surface area (TPSA) is 58.6 Å². The third kappa shape index (κ3) is 4.94. The molecule has 4 heteroatoms. The Hall–Kier alpha value is -0.610. The van der Waals surface area contributed by atoms with Gasteiger partial charge in [-0.05, 0) is 38.5 Å². The van der Waals surface area contributed by atoms with Crippen molar-refractivity contribution in [2.75, 3.05) is 19.8 Å². The molecule has 1 saturated heterocycles. The Labute approximate surface area is 97.4 Å². The molecule has 1 aliphatic rings. The van der Waals surface area contributed by atoms with Crippen molar-refractivity contribution in [3.63, 3.8) is 0 Å². The van der Waals surface area contributed by atoms with Crippen molar-refractivity contribution >= 4 is 5.91 Å². The highest BCUT2D eigenvalue weighted by molar-refractivity contribution is 5.76. The van der Waals surface area contributed by atoms with Crippen molar-refractivity contribution in [2.24, 2.45) is 5.92 Å². The molecular formula is C12H23NO3. The van der Waals surface area contributed by atoms with Crippen LogP contribution < -0.4 is 5.32 Å². The molecule has 1 atom stereocenters. The van der Waals surface area contributed by atoms with Crippen molar-refractivity contribution in [3.8, 4) is 0 Å². The Morgan fingerprint density at radius 1 is 1.44 bits per heavy atom. The van der Waals surface area contributed by atoms with Gasteiger partial charge in [0.15, 0.2) is 0 Å². The van der Waals surface area contributed by atoms with Crippen LogP contribution in [0.3, 0.4) is 0 Å². The predicted molar refractivity (Wildman–Crippen MR) is 62.1 cm³/mol. The summed E-state index contributed by atoms with van der Waals surface area (Å²) in [4.78, 5) is 11.5. The molecule has 0 saturated carbocycles. The number of aliphatic hydroxyl groups is 1. The van der Waals surface area contributed by atoms with Gasteiger partial charge in [-0.2, -0.15) is 0 Å². The molecule has 1 fully saturated rings. The number of hydrogen-bond acceptors (Lipinski definition) is 3. The first-order valence-electron chi connectivity index (χ1n) is 6.22. The number of carbonyl (C=O) groups is 1. The average molecular weight is 229 g/mol. The van der Waals surface area contributed by atoms with E-state index in [1.807, 2.05) is 0 Å². The van der Waals surface area contributed by atoms with E-state index in [-0.39, 0.29) is 18.6 Å². The normalized spacial score (nSPS) is 19.4. The van der Waals surface area contributed by atoms with E-state index in [9.17, 15) is 4.79 Å². The van der Waals surface area contributed by atoms with Crippen LogP contribution in [0.5, 0.6) is 0 Å². The van der Waals surface area contributed by atoms with Crippen LogP contribution in [0, 0.1) is 5.92 Å². The fourth-order valence-corrected chi connectivity index (χ4v) is 2.06. The lowest BCUT2D eigenvalue weighted by Gasteiger charge is -2.28. The predicted octanol–water partition coefficient (Wildman–Crippen LogP) is 1.08. The van der Waals surface area contributed by atoms with E-state index >= 15 is 0 Å². The average Bonchev–Trinajstić information content (AvgIpc) is 2.30. The first kappa shape index (κ1) is 13.5. The minimum atomic E-state index is 0.104. The van der Waals surface area contributed by atoms with Gasteiger partial charge in [-0.3, -0.25) is 4.79 Å². The fraction of sp³-hybridized carbons (Fsp3) is 0.917. The SMILES string of the molecule is CC(NC(=O)CCCCO)C1CCOCC1. The summed E-state index contributed by atoms with van der Waals surface area (Å²) in [5.74, 6) is 0.656. The standard InChI is InChI=1S/C12H23NO3/c1-10(11-5-8-16-9-6-11)13-12(15)4-2-3-7-14/h10-11,14H,2-9H2,1H3,(H,13,15). The Kier molecular flexibility index (Phi) is 6.42. The van der Waals surface area contributed by atoms with E-state index in [1.54, 1.807) is 0 Å². The molecule has 0 aromatic carbocycles.